The van der Waals surface area contributed by atoms with Crippen molar-refractivity contribution in [2.75, 3.05) is 25.0 Å². The lowest BCUT2D eigenvalue weighted by atomic mass is 9.75. The van der Waals surface area contributed by atoms with E-state index in [0.29, 0.717) is 5.41 Å². The lowest BCUT2D eigenvalue weighted by Gasteiger charge is -2.38. The molecule has 2 rings (SSSR count). The molecule has 4 nitrogen and oxygen atoms in total. The van der Waals surface area contributed by atoms with Crippen LogP contribution in [0, 0.1) is 11.3 Å². The topological polar surface area (TPSA) is 41.1 Å². The van der Waals surface area contributed by atoms with E-state index >= 15 is 0 Å². The van der Waals surface area contributed by atoms with Gasteiger partial charge in [0.2, 0.25) is 5.13 Å². The highest BCUT2D eigenvalue weighted by molar-refractivity contribution is 7.15. The first-order valence-corrected chi connectivity index (χ1v) is 8.59. The van der Waals surface area contributed by atoms with Crippen LogP contribution in [0.2, 0.25) is 0 Å². The molecule has 0 aromatic carbocycles. The molecule has 1 saturated heterocycles. The van der Waals surface area contributed by atoms with E-state index in [1.165, 1.54) is 25.9 Å². The minimum Gasteiger partial charge on any atom is -0.360 e. The average Bonchev–Trinajstić information content (AvgIpc) is 2.83. The van der Waals surface area contributed by atoms with E-state index < -0.39 is 0 Å². The second-order valence-corrected chi connectivity index (χ2v) is 7.91. The molecule has 1 aromatic heterocycles. The summed E-state index contributed by atoms with van der Waals surface area (Å²) < 4.78 is 0. The molecule has 114 valence electrons. The molecule has 0 spiro atoms. The van der Waals surface area contributed by atoms with Crippen molar-refractivity contribution in [3.63, 3.8) is 0 Å². The standard InChI is InChI=1S/C15H28N4S/c1-5-8-16-14-18-17-13(20-14)11-19-9-6-12(7-10-19)15(2,3)4/h12H,5-11H2,1-4H3,(H,16,18). The number of hydrogen-bond acceptors (Lipinski definition) is 5. The number of likely N-dealkylation sites (tertiary alicyclic amines) is 1. The summed E-state index contributed by atoms with van der Waals surface area (Å²) in [5.74, 6) is 0.856. The van der Waals surface area contributed by atoms with Crippen LogP contribution in [0.3, 0.4) is 0 Å². The molecular formula is C15H28N4S. The first-order valence-electron chi connectivity index (χ1n) is 7.77. The van der Waals surface area contributed by atoms with E-state index in [0.717, 1.165) is 35.6 Å². The lowest BCUT2D eigenvalue weighted by Crippen LogP contribution is -2.37. The molecule has 0 saturated carbocycles. The predicted molar refractivity (Wildman–Crippen MR) is 86.1 cm³/mol. The van der Waals surface area contributed by atoms with Crippen LogP contribution in [-0.2, 0) is 6.54 Å². The van der Waals surface area contributed by atoms with Crippen LogP contribution in [-0.4, -0.2) is 34.7 Å². The molecule has 1 fully saturated rings. The van der Waals surface area contributed by atoms with E-state index in [2.05, 4.69) is 48.1 Å². The Bertz CT molecular complexity index is 402. The monoisotopic (exact) mass is 296 g/mol. The zero-order chi connectivity index (χ0) is 14.6. The van der Waals surface area contributed by atoms with Gasteiger partial charge in [-0.05, 0) is 43.7 Å². The Labute approximate surface area is 127 Å². The molecular weight excluding hydrogens is 268 g/mol. The zero-order valence-electron chi connectivity index (χ0n) is 13.3. The molecule has 5 heteroatoms. The largest absolute Gasteiger partial charge is 0.360 e. The van der Waals surface area contributed by atoms with E-state index in [-0.39, 0.29) is 0 Å². The van der Waals surface area contributed by atoms with Crippen molar-refractivity contribution in [3.8, 4) is 0 Å². The number of anilines is 1. The van der Waals surface area contributed by atoms with Gasteiger partial charge in [-0.3, -0.25) is 4.90 Å². The normalized spacial score (nSPS) is 18.4. The van der Waals surface area contributed by atoms with Crippen LogP contribution in [0.4, 0.5) is 5.13 Å². The Morgan fingerprint density at radius 2 is 1.95 bits per heavy atom. The minimum absolute atomic E-state index is 0.450. The maximum Gasteiger partial charge on any atom is 0.205 e. The summed E-state index contributed by atoms with van der Waals surface area (Å²) in [4.78, 5) is 2.52. The van der Waals surface area contributed by atoms with Crippen LogP contribution in [0.15, 0.2) is 0 Å². The fourth-order valence-corrected chi connectivity index (χ4v) is 3.58. The summed E-state index contributed by atoms with van der Waals surface area (Å²) >= 11 is 1.70. The van der Waals surface area contributed by atoms with Crippen molar-refractivity contribution in [1.29, 1.82) is 0 Å². The second kappa shape index (κ2) is 6.85. The van der Waals surface area contributed by atoms with Gasteiger partial charge < -0.3 is 5.32 Å². The maximum atomic E-state index is 4.30. The van der Waals surface area contributed by atoms with Gasteiger partial charge in [-0.1, -0.05) is 39.0 Å². The van der Waals surface area contributed by atoms with Gasteiger partial charge in [0.1, 0.15) is 5.01 Å². The maximum absolute atomic E-state index is 4.30. The molecule has 1 aliphatic heterocycles. The highest BCUT2D eigenvalue weighted by atomic mass is 32.1. The number of rotatable bonds is 5. The van der Waals surface area contributed by atoms with E-state index in [9.17, 15) is 0 Å². The molecule has 2 heterocycles. The molecule has 1 aliphatic rings. The first kappa shape index (κ1) is 15.7. The molecule has 1 aromatic rings. The smallest absolute Gasteiger partial charge is 0.205 e. The second-order valence-electron chi connectivity index (χ2n) is 6.84. The fourth-order valence-electron chi connectivity index (χ4n) is 2.77. The van der Waals surface area contributed by atoms with Gasteiger partial charge in [0.15, 0.2) is 0 Å². The third-order valence-electron chi connectivity index (χ3n) is 4.16. The van der Waals surface area contributed by atoms with Gasteiger partial charge >= 0.3 is 0 Å². The first-order chi connectivity index (χ1) is 9.49. The van der Waals surface area contributed by atoms with Crippen LogP contribution < -0.4 is 5.32 Å². The number of nitrogens with one attached hydrogen (secondary N) is 1. The third-order valence-corrected chi connectivity index (χ3v) is 5.03. The Balaban J connectivity index is 1.79. The van der Waals surface area contributed by atoms with Crippen molar-refractivity contribution < 1.29 is 0 Å². The highest BCUT2D eigenvalue weighted by Crippen LogP contribution is 2.34. The summed E-state index contributed by atoms with van der Waals surface area (Å²) in [6, 6.07) is 0. The number of nitrogens with zero attached hydrogens (tertiary/aromatic N) is 3. The average molecular weight is 296 g/mol. The zero-order valence-corrected chi connectivity index (χ0v) is 14.1. The van der Waals surface area contributed by atoms with E-state index in [1.54, 1.807) is 11.3 Å². The van der Waals surface area contributed by atoms with E-state index in [4.69, 9.17) is 0 Å². The van der Waals surface area contributed by atoms with Crippen molar-refractivity contribution in [2.24, 2.45) is 11.3 Å². The molecule has 0 bridgehead atoms. The summed E-state index contributed by atoms with van der Waals surface area (Å²) in [7, 11) is 0. The summed E-state index contributed by atoms with van der Waals surface area (Å²) in [5, 5.41) is 13.9. The molecule has 0 unspecified atom stereocenters. The number of aromatic nitrogens is 2. The third kappa shape index (κ3) is 4.42. The Kier molecular flexibility index (Phi) is 5.38. The van der Waals surface area contributed by atoms with Crippen molar-refractivity contribution in [1.82, 2.24) is 15.1 Å². The quantitative estimate of drug-likeness (QED) is 0.901. The van der Waals surface area contributed by atoms with Gasteiger partial charge in [-0.15, -0.1) is 10.2 Å². The Morgan fingerprint density at radius 3 is 2.55 bits per heavy atom. The van der Waals surface area contributed by atoms with Crippen LogP contribution in [0.25, 0.3) is 0 Å². The Morgan fingerprint density at radius 1 is 1.25 bits per heavy atom. The van der Waals surface area contributed by atoms with Crippen molar-refractivity contribution in [2.45, 2.75) is 53.5 Å². The van der Waals surface area contributed by atoms with Crippen LogP contribution >= 0.6 is 11.3 Å². The van der Waals surface area contributed by atoms with Crippen molar-refractivity contribution in [3.05, 3.63) is 5.01 Å². The predicted octanol–water partition coefficient (Wildman–Crippen LogP) is 3.62. The molecule has 0 atom stereocenters. The van der Waals surface area contributed by atoms with E-state index in [1.807, 2.05) is 0 Å². The summed E-state index contributed by atoms with van der Waals surface area (Å²) in [6.07, 6.45) is 3.74. The number of piperidine rings is 1. The fraction of sp³-hybridized carbons (Fsp3) is 0.867. The Hall–Kier alpha value is -0.680. The van der Waals surface area contributed by atoms with Crippen LogP contribution in [0.1, 0.15) is 52.0 Å². The van der Waals surface area contributed by atoms with Gasteiger partial charge in [0.25, 0.3) is 0 Å². The van der Waals surface area contributed by atoms with Gasteiger partial charge in [0, 0.05) is 6.54 Å². The molecule has 0 aliphatic carbocycles. The molecule has 1 N–H and O–H groups in total. The summed E-state index contributed by atoms with van der Waals surface area (Å²) in [6.45, 7) is 13.6. The van der Waals surface area contributed by atoms with Gasteiger partial charge in [0.05, 0.1) is 6.54 Å². The van der Waals surface area contributed by atoms with Crippen molar-refractivity contribution >= 4 is 16.5 Å². The highest BCUT2D eigenvalue weighted by Gasteiger charge is 2.28. The lowest BCUT2D eigenvalue weighted by molar-refractivity contribution is 0.108. The summed E-state index contributed by atoms with van der Waals surface area (Å²) in [5.41, 5.74) is 0.450. The minimum atomic E-state index is 0.450. The number of hydrogen-bond donors (Lipinski definition) is 1. The molecule has 0 radical (unpaired) electrons. The molecule has 20 heavy (non-hydrogen) atoms. The van der Waals surface area contributed by atoms with Crippen LogP contribution in [0.5, 0.6) is 0 Å². The molecule has 0 amide bonds. The SMILES string of the molecule is CCCNc1nnc(CN2CCC(C(C)(C)C)CC2)s1. The van der Waals surface area contributed by atoms with Gasteiger partial charge in [-0.25, -0.2) is 0 Å². The van der Waals surface area contributed by atoms with Gasteiger partial charge in [-0.2, -0.15) is 0 Å².